The van der Waals surface area contributed by atoms with E-state index in [0.29, 0.717) is 0 Å². The number of likely N-dealkylation sites (tertiary alicyclic amines) is 1. The lowest BCUT2D eigenvalue weighted by Crippen LogP contribution is -3.10. The van der Waals surface area contributed by atoms with Crippen LogP contribution in [0.2, 0.25) is 0 Å². The lowest BCUT2D eigenvalue weighted by atomic mass is 9.98. The molecule has 0 saturated carbocycles. The van der Waals surface area contributed by atoms with Crippen LogP contribution >= 0.6 is 0 Å². The number of piperidine rings is 1. The first kappa shape index (κ1) is 17.5. The fourth-order valence-electron chi connectivity index (χ4n) is 2.19. The van der Waals surface area contributed by atoms with E-state index in [4.69, 9.17) is 4.74 Å². The average molecular weight is 293 g/mol. The van der Waals surface area contributed by atoms with Crippen LogP contribution in [0.3, 0.4) is 0 Å². The third-order valence-electron chi connectivity index (χ3n) is 3.35. The van der Waals surface area contributed by atoms with Gasteiger partial charge in [0, 0.05) is 31.7 Å². The predicted molar refractivity (Wildman–Crippen MR) is 62.6 cm³/mol. The van der Waals surface area contributed by atoms with Gasteiger partial charge in [-0.1, -0.05) is 0 Å². The number of hydrogen-bond donors (Lipinski definition) is 1. The number of aryl methyl sites for hydroxylation is 1. The number of aromatic nitrogens is 1. The SMILES string of the molecule is Cc1cccc(OCC2CC[NH+](C)CC2)[nH+]1.[Cl-].[Cl-]. The fraction of sp³-hybridized carbons (Fsp3) is 0.615. The maximum atomic E-state index is 5.80. The molecule has 0 spiro atoms. The summed E-state index contributed by atoms with van der Waals surface area (Å²) in [5, 5.41) is 0. The Morgan fingerprint density at radius 2 is 1.94 bits per heavy atom. The number of rotatable bonds is 3. The monoisotopic (exact) mass is 292 g/mol. The van der Waals surface area contributed by atoms with Gasteiger partial charge < -0.3 is 34.5 Å². The molecular formula is C13H22Cl2N2O. The van der Waals surface area contributed by atoms with E-state index in [9.17, 15) is 0 Å². The van der Waals surface area contributed by atoms with Crippen molar-refractivity contribution in [1.82, 2.24) is 0 Å². The topological polar surface area (TPSA) is 27.8 Å². The van der Waals surface area contributed by atoms with Crippen LogP contribution in [0, 0.1) is 12.8 Å². The molecule has 1 aliphatic rings. The van der Waals surface area contributed by atoms with Gasteiger partial charge in [-0.3, -0.25) is 0 Å². The first-order valence-corrected chi connectivity index (χ1v) is 6.17. The molecule has 0 radical (unpaired) electrons. The molecule has 0 bridgehead atoms. The van der Waals surface area contributed by atoms with Crippen molar-refractivity contribution < 1.29 is 39.4 Å². The quantitative estimate of drug-likeness (QED) is 0.591. The van der Waals surface area contributed by atoms with Crippen LogP contribution < -0.4 is 39.4 Å². The minimum absolute atomic E-state index is 0. The van der Waals surface area contributed by atoms with Crippen LogP contribution in [0.4, 0.5) is 0 Å². The summed E-state index contributed by atoms with van der Waals surface area (Å²) in [5.41, 5.74) is 1.14. The first-order chi connectivity index (χ1) is 7.74. The van der Waals surface area contributed by atoms with Gasteiger partial charge in [-0.15, -0.1) is 0 Å². The normalized spacial score (nSPS) is 22.6. The van der Waals surface area contributed by atoms with E-state index in [2.05, 4.69) is 12.0 Å². The Labute approximate surface area is 122 Å². The Bertz CT molecular complexity index is 342. The second-order valence-electron chi connectivity index (χ2n) is 4.91. The molecule has 104 valence electrons. The van der Waals surface area contributed by atoms with Crippen LogP contribution in [0.5, 0.6) is 5.88 Å². The number of pyridine rings is 1. The third-order valence-corrected chi connectivity index (χ3v) is 3.35. The second kappa shape index (κ2) is 8.57. The molecule has 2 rings (SSSR count). The minimum Gasteiger partial charge on any atom is -1.00 e. The fourth-order valence-corrected chi connectivity index (χ4v) is 2.19. The Kier molecular flexibility index (Phi) is 8.32. The van der Waals surface area contributed by atoms with Gasteiger partial charge in [-0.05, 0) is 6.07 Å². The summed E-state index contributed by atoms with van der Waals surface area (Å²) in [7, 11) is 2.27. The maximum Gasteiger partial charge on any atom is 0.366 e. The Balaban J connectivity index is 0.00000144. The molecule has 3 nitrogen and oxygen atoms in total. The Morgan fingerprint density at radius 3 is 2.56 bits per heavy atom. The summed E-state index contributed by atoms with van der Waals surface area (Å²) in [6.07, 6.45) is 2.58. The number of H-pyrrole nitrogens is 1. The van der Waals surface area contributed by atoms with Crippen molar-refractivity contribution in [3.05, 3.63) is 23.9 Å². The van der Waals surface area contributed by atoms with Crippen molar-refractivity contribution >= 4 is 0 Å². The van der Waals surface area contributed by atoms with Crippen molar-refractivity contribution in [2.24, 2.45) is 5.92 Å². The van der Waals surface area contributed by atoms with Gasteiger partial charge >= 0.3 is 5.88 Å². The Hall–Kier alpha value is -0.510. The van der Waals surface area contributed by atoms with Crippen molar-refractivity contribution in [3.63, 3.8) is 0 Å². The first-order valence-electron chi connectivity index (χ1n) is 6.17. The van der Waals surface area contributed by atoms with Crippen LogP contribution in [0.15, 0.2) is 18.2 Å². The summed E-state index contributed by atoms with van der Waals surface area (Å²) < 4.78 is 5.80. The number of ether oxygens (including phenoxy) is 1. The van der Waals surface area contributed by atoms with E-state index in [1.807, 2.05) is 25.1 Å². The predicted octanol–water partition coefficient (Wildman–Crippen LogP) is -5.88. The average Bonchev–Trinajstić information content (AvgIpc) is 2.28. The van der Waals surface area contributed by atoms with Gasteiger partial charge in [0.05, 0.1) is 32.8 Å². The molecule has 1 aliphatic heterocycles. The van der Waals surface area contributed by atoms with Gasteiger partial charge in [-0.2, -0.15) is 4.98 Å². The van der Waals surface area contributed by atoms with E-state index < -0.39 is 0 Å². The van der Waals surface area contributed by atoms with E-state index >= 15 is 0 Å². The molecule has 2 N–H and O–H groups in total. The lowest BCUT2D eigenvalue weighted by molar-refractivity contribution is -0.886. The molecule has 18 heavy (non-hydrogen) atoms. The van der Waals surface area contributed by atoms with Crippen LogP contribution in [-0.4, -0.2) is 26.7 Å². The molecule has 1 saturated heterocycles. The standard InChI is InChI=1S/C13H20N2O.2ClH/c1-11-4-3-5-13(14-11)16-10-12-6-8-15(2)9-7-12;;/h3-5,12H,6-10H2,1-2H3;2*1H. The summed E-state index contributed by atoms with van der Waals surface area (Å²) >= 11 is 0. The van der Waals surface area contributed by atoms with Gasteiger partial charge in [0.2, 0.25) is 0 Å². The van der Waals surface area contributed by atoms with E-state index in [1.165, 1.54) is 25.9 Å². The molecule has 1 aromatic heterocycles. The second-order valence-corrected chi connectivity index (χ2v) is 4.91. The summed E-state index contributed by atoms with van der Waals surface area (Å²) in [6, 6.07) is 6.07. The van der Waals surface area contributed by atoms with Crippen molar-refractivity contribution in [2.45, 2.75) is 19.8 Å². The lowest BCUT2D eigenvalue weighted by Gasteiger charge is -2.25. The molecule has 0 amide bonds. The van der Waals surface area contributed by atoms with Gasteiger partial charge in [-0.25, -0.2) is 0 Å². The molecule has 0 atom stereocenters. The number of nitrogens with one attached hydrogen (secondary N) is 2. The number of aromatic amines is 1. The van der Waals surface area contributed by atoms with Crippen LogP contribution in [-0.2, 0) is 0 Å². The van der Waals surface area contributed by atoms with Crippen molar-refractivity contribution in [3.8, 4) is 5.88 Å². The van der Waals surface area contributed by atoms with Crippen LogP contribution in [0.1, 0.15) is 18.5 Å². The zero-order valence-corrected chi connectivity index (χ0v) is 12.5. The van der Waals surface area contributed by atoms with Gasteiger partial charge in [0.25, 0.3) is 0 Å². The molecule has 2 heterocycles. The maximum absolute atomic E-state index is 5.80. The number of halogens is 2. The van der Waals surface area contributed by atoms with Crippen LogP contribution in [0.25, 0.3) is 0 Å². The van der Waals surface area contributed by atoms with E-state index in [0.717, 1.165) is 24.1 Å². The van der Waals surface area contributed by atoms with E-state index in [1.54, 1.807) is 4.90 Å². The van der Waals surface area contributed by atoms with E-state index in [-0.39, 0.29) is 24.8 Å². The molecule has 0 aromatic carbocycles. The highest BCUT2D eigenvalue weighted by Gasteiger charge is 2.20. The smallest absolute Gasteiger partial charge is 0.366 e. The molecule has 0 unspecified atom stereocenters. The molecule has 0 aliphatic carbocycles. The number of hydrogen-bond acceptors (Lipinski definition) is 1. The molecule has 1 aromatic rings. The highest BCUT2D eigenvalue weighted by atomic mass is 35.5. The summed E-state index contributed by atoms with van der Waals surface area (Å²) in [4.78, 5) is 4.88. The highest BCUT2D eigenvalue weighted by molar-refractivity contribution is 5.05. The summed E-state index contributed by atoms with van der Waals surface area (Å²) in [5.74, 6) is 1.63. The largest absolute Gasteiger partial charge is 1.00 e. The minimum atomic E-state index is 0. The van der Waals surface area contributed by atoms with Gasteiger partial charge in [0.1, 0.15) is 0 Å². The zero-order chi connectivity index (χ0) is 11.4. The van der Waals surface area contributed by atoms with Crippen molar-refractivity contribution in [1.29, 1.82) is 0 Å². The summed E-state index contributed by atoms with van der Waals surface area (Å²) in [6.45, 7) is 5.47. The Morgan fingerprint density at radius 1 is 1.28 bits per heavy atom. The van der Waals surface area contributed by atoms with Gasteiger partial charge in [0.15, 0.2) is 5.69 Å². The zero-order valence-electron chi connectivity index (χ0n) is 11.0. The third kappa shape index (κ3) is 5.42. The number of quaternary nitrogens is 1. The molecular weight excluding hydrogens is 271 g/mol. The van der Waals surface area contributed by atoms with Crippen molar-refractivity contribution in [2.75, 3.05) is 26.7 Å². The highest BCUT2D eigenvalue weighted by Crippen LogP contribution is 2.11. The molecule has 5 heteroatoms. The molecule has 1 fully saturated rings.